The first kappa shape index (κ1) is 54.7. The van der Waals surface area contributed by atoms with E-state index in [4.69, 9.17) is 33.1 Å². The number of thioether (sulfide) groups is 4. The fourth-order valence-electron chi connectivity index (χ4n) is 1.46. The third kappa shape index (κ3) is 47.8. The monoisotopic (exact) mass is 692 g/mol. The Morgan fingerprint density at radius 1 is 0.564 bits per heavy atom. The Labute approximate surface area is 262 Å². The quantitative estimate of drug-likeness (QED) is 0.0831. The second-order valence-corrected chi connectivity index (χ2v) is 10.8. The van der Waals surface area contributed by atoms with E-state index in [9.17, 15) is 29.4 Å². The van der Waals surface area contributed by atoms with E-state index >= 15 is 0 Å². The summed E-state index contributed by atoms with van der Waals surface area (Å²) >= 11 is 6.36. The van der Waals surface area contributed by atoms with Gasteiger partial charge in [-0.1, -0.05) is 0 Å². The maximum atomic E-state index is 10.1. The van der Waals surface area contributed by atoms with Gasteiger partial charge in [-0.2, -0.15) is 47.0 Å². The maximum absolute atomic E-state index is 10.1. The van der Waals surface area contributed by atoms with Gasteiger partial charge in [0.05, 0.1) is 11.9 Å². The van der Waals surface area contributed by atoms with Crippen molar-refractivity contribution in [1.82, 2.24) is 12.3 Å². The van der Waals surface area contributed by atoms with E-state index in [0.29, 0.717) is 25.7 Å². The molecule has 0 fully saturated rings. The van der Waals surface area contributed by atoms with Gasteiger partial charge in [0, 0.05) is 12.1 Å². The van der Waals surface area contributed by atoms with Gasteiger partial charge in [-0.25, -0.2) is 0 Å². The summed E-state index contributed by atoms with van der Waals surface area (Å²) in [7, 11) is 0. The fourth-order valence-corrected chi connectivity index (χ4v) is 3.42. The third-order valence-electron chi connectivity index (χ3n) is 3.77. The molecule has 0 rings (SSSR count). The van der Waals surface area contributed by atoms with E-state index in [1.807, 2.05) is 25.0 Å². The van der Waals surface area contributed by atoms with E-state index in [1.165, 1.54) is 0 Å². The van der Waals surface area contributed by atoms with Crippen LogP contribution in [0.15, 0.2) is 0 Å². The number of carboxylic acids is 4. The first-order chi connectivity index (χ1) is 16.7. The van der Waals surface area contributed by atoms with E-state index in [0.717, 1.165) is 23.0 Å². The second-order valence-electron chi connectivity index (χ2n) is 6.87. The molecular formula is C20H48N6O8S4Zn. The van der Waals surface area contributed by atoms with Crippen molar-refractivity contribution in [3.05, 3.63) is 0 Å². The van der Waals surface area contributed by atoms with Crippen LogP contribution in [-0.4, -0.2) is 106 Å². The first-order valence-corrected chi connectivity index (χ1v) is 16.2. The number of aliphatic carboxylic acids is 4. The third-order valence-corrected chi connectivity index (χ3v) is 6.35. The minimum atomic E-state index is -1.16. The van der Waals surface area contributed by atoms with Crippen LogP contribution in [0.1, 0.15) is 25.7 Å². The van der Waals surface area contributed by atoms with Gasteiger partial charge in [0.1, 0.15) is 12.1 Å². The Balaban J connectivity index is -0.0000000683. The van der Waals surface area contributed by atoms with Crippen molar-refractivity contribution in [2.45, 2.75) is 49.9 Å². The predicted molar refractivity (Wildman–Crippen MR) is 159 cm³/mol. The summed E-state index contributed by atoms with van der Waals surface area (Å²) in [5.41, 5.74) is 20.6. The van der Waals surface area contributed by atoms with Gasteiger partial charge in [0.15, 0.2) is 0 Å². The minimum Gasteiger partial charge on any atom is -0.548 e. The van der Waals surface area contributed by atoms with Crippen LogP contribution in [0.5, 0.6) is 0 Å². The van der Waals surface area contributed by atoms with Crippen LogP contribution in [0.2, 0.25) is 0 Å². The molecule has 39 heavy (non-hydrogen) atoms. The molecule has 0 bridgehead atoms. The fraction of sp³-hybridized carbons (Fsp3) is 0.800. The molecule has 0 spiro atoms. The van der Waals surface area contributed by atoms with E-state index in [-0.39, 0.29) is 31.8 Å². The van der Waals surface area contributed by atoms with Crippen LogP contribution in [0.3, 0.4) is 0 Å². The van der Waals surface area contributed by atoms with Crippen LogP contribution in [0.25, 0.3) is 0 Å². The molecule has 14 nitrogen and oxygen atoms in total. The van der Waals surface area contributed by atoms with Gasteiger partial charge in [-0.15, -0.1) is 0 Å². The van der Waals surface area contributed by atoms with Gasteiger partial charge in [0.25, 0.3) is 0 Å². The zero-order chi connectivity index (χ0) is 29.1. The molecule has 0 unspecified atom stereocenters. The first-order valence-electron chi connectivity index (χ1n) is 10.6. The molecule has 16 N–H and O–H groups in total. The summed E-state index contributed by atoms with van der Waals surface area (Å²) in [6, 6.07) is -2.95. The SMILES string of the molecule is CSCC[C@H](N)C(=O)O.CSCC[C@H](N)C(=O)O.CSCC[C@H](N)C(=O)[O-].CSCC[C@H](N)C(=O)[O-].N.N.[Zn+2]. The Morgan fingerprint density at radius 3 is 0.872 bits per heavy atom. The molecule has 0 aromatic carbocycles. The van der Waals surface area contributed by atoms with Crippen LogP contribution >= 0.6 is 47.0 Å². The van der Waals surface area contributed by atoms with Crippen molar-refractivity contribution in [2.75, 3.05) is 48.0 Å². The molecule has 4 atom stereocenters. The largest absolute Gasteiger partial charge is 2.00 e. The molecule has 0 aliphatic rings. The van der Waals surface area contributed by atoms with Crippen LogP contribution in [-0.2, 0) is 38.7 Å². The average molecular weight is 694 g/mol. The van der Waals surface area contributed by atoms with Gasteiger partial charge >= 0.3 is 31.4 Å². The summed E-state index contributed by atoms with van der Waals surface area (Å²) in [4.78, 5) is 40.1. The second kappa shape index (κ2) is 39.8. The molecule has 0 aromatic heterocycles. The average Bonchev–Trinajstić information content (AvgIpc) is 2.83. The molecule has 0 heterocycles. The zero-order valence-electron chi connectivity index (χ0n) is 23.4. The molecular weight excluding hydrogens is 646 g/mol. The number of carboxylic acid groups (broad SMARTS) is 4. The van der Waals surface area contributed by atoms with Crippen molar-refractivity contribution in [3.63, 3.8) is 0 Å². The Bertz CT molecular complexity index is 496. The molecule has 0 aliphatic heterocycles. The van der Waals surface area contributed by atoms with Crippen molar-refractivity contribution < 1.29 is 59.1 Å². The van der Waals surface area contributed by atoms with Crippen molar-refractivity contribution in [1.29, 1.82) is 0 Å². The normalized spacial score (nSPS) is 12.1. The molecule has 0 saturated heterocycles. The van der Waals surface area contributed by atoms with Gasteiger partial charge < -0.3 is 65.3 Å². The number of nitrogens with two attached hydrogens (primary N) is 4. The van der Waals surface area contributed by atoms with E-state index in [2.05, 4.69) is 0 Å². The molecule has 0 radical (unpaired) electrons. The number of hydrogen-bond acceptors (Lipinski definition) is 16. The summed E-state index contributed by atoms with van der Waals surface area (Å²) in [5.74, 6) is -0.980. The van der Waals surface area contributed by atoms with Gasteiger partial charge in [0.2, 0.25) is 0 Å². The Hall–Kier alpha value is -0.337. The number of rotatable bonds is 16. The minimum absolute atomic E-state index is 0. The maximum Gasteiger partial charge on any atom is 2.00 e. The summed E-state index contributed by atoms with van der Waals surface area (Å²) in [5, 5.41) is 36.5. The standard InChI is InChI=1S/4C5H11NO2S.2H3N.Zn/c4*1-9-3-2-4(6)5(7)8;;;/h4*4H,2-3,6H2,1H3,(H,7,8);2*1H3;/q;;;;;;+2/p-2/t4*4-;;;/m0000.../s1. The number of carbonyl (C=O) groups excluding carboxylic acids is 2. The summed E-state index contributed by atoms with van der Waals surface area (Å²) < 4.78 is 0. The topological polar surface area (TPSA) is 329 Å². The van der Waals surface area contributed by atoms with Crippen molar-refractivity contribution in [3.8, 4) is 0 Å². The Kier molecular flexibility index (Phi) is 55.8. The van der Waals surface area contributed by atoms with Crippen molar-refractivity contribution in [2.24, 2.45) is 22.9 Å². The summed E-state index contributed by atoms with van der Waals surface area (Å²) in [6.45, 7) is 0. The zero-order valence-corrected chi connectivity index (χ0v) is 29.6. The van der Waals surface area contributed by atoms with Crippen LogP contribution < -0.4 is 45.4 Å². The molecule has 19 heteroatoms. The molecule has 0 aliphatic carbocycles. The smallest absolute Gasteiger partial charge is 0.548 e. The van der Waals surface area contributed by atoms with Crippen LogP contribution in [0.4, 0.5) is 0 Å². The van der Waals surface area contributed by atoms with Crippen LogP contribution in [0, 0.1) is 0 Å². The van der Waals surface area contributed by atoms with E-state index in [1.54, 1.807) is 47.0 Å². The van der Waals surface area contributed by atoms with Crippen molar-refractivity contribution >= 4 is 70.9 Å². The molecule has 232 valence electrons. The Morgan fingerprint density at radius 2 is 0.744 bits per heavy atom. The van der Waals surface area contributed by atoms with Gasteiger partial charge in [-0.05, 0) is 73.7 Å². The number of hydrogen-bond donors (Lipinski definition) is 8. The summed E-state index contributed by atoms with van der Waals surface area (Å²) in [6.07, 6.45) is 9.74. The predicted octanol–water partition coefficient (Wildman–Crippen LogP) is -1.74. The number of carbonyl (C=O) groups is 4. The van der Waals surface area contributed by atoms with Gasteiger partial charge in [-0.3, -0.25) is 9.59 Å². The molecule has 0 aromatic rings. The van der Waals surface area contributed by atoms with E-state index < -0.39 is 48.0 Å². The molecule has 0 saturated carbocycles. The molecule has 0 amide bonds.